The van der Waals surface area contributed by atoms with Crippen molar-refractivity contribution in [2.24, 2.45) is 5.92 Å². The van der Waals surface area contributed by atoms with Crippen LogP contribution in [0.5, 0.6) is 0 Å². The number of aliphatic hydroxyl groups excluding tert-OH is 1. The Morgan fingerprint density at radius 1 is 1.33 bits per heavy atom. The van der Waals surface area contributed by atoms with Crippen molar-refractivity contribution in [3.05, 3.63) is 35.1 Å². The van der Waals surface area contributed by atoms with Crippen molar-refractivity contribution in [2.45, 2.75) is 33.7 Å². The molecule has 0 radical (unpaired) electrons. The third-order valence-corrected chi connectivity index (χ3v) is 2.96. The number of rotatable bonds is 4. The number of nitrogens with zero attached hydrogens (tertiary/aromatic N) is 1. The summed E-state index contributed by atoms with van der Waals surface area (Å²) < 4.78 is 13.5. The molecular formula is C17H22FNO2. The fraction of sp³-hybridized carbons (Fsp3) is 0.471. The van der Waals surface area contributed by atoms with Crippen LogP contribution in [0.1, 0.15) is 43.6 Å². The van der Waals surface area contributed by atoms with E-state index in [0.29, 0.717) is 18.0 Å². The second-order valence-corrected chi connectivity index (χ2v) is 5.59. The summed E-state index contributed by atoms with van der Waals surface area (Å²) >= 11 is 0. The summed E-state index contributed by atoms with van der Waals surface area (Å²) in [7, 11) is 0. The minimum atomic E-state index is -0.471. The molecule has 0 spiro atoms. The first kappa shape index (κ1) is 17.2. The van der Waals surface area contributed by atoms with Gasteiger partial charge in [0.2, 0.25) is 0 Å². The van der Waals surface area contributed by atoms with Gasteiger partial charge in [-0.15, -0.1) is 0 Å². The number of halogens is 1. The van der Waals surface area contributed by atoms with Crippen molar-refractivity contribution in [1.29, 1.82) is 0 Å². The number of benzene rings is 1. The summed E-state index contributed by atoms with van der Waals surface area (Å²) in [5, 5.41) is 8.78. The smallest absolute Gasteiger partial charge is 0.255 e. The van der Waals surface area contributed by atoms with Crippen molar-refractivity contribution in [3.8, 4) is 11.8 Å². The van der Waals surface area contributed by atoms with Gasteiger partial charge in [0.15, 0.2) is 0 Å². The van der Waals surface area contributed by atoms with Crippen LogP contribution in [0, 0.1) is 23.6 Å². The number of carbonyl (C=O) groups excluding carboxylic acids is 1. The predicted molar refractivity (Wildman–Crippen MR) is 81.4 cm³/mol. The number of hydrogen-bond donors (Lipinski definition) is 1. The molecule has 0 heterocycles. The molecule has 0 aromatic heterocycles. The molecule has 1 N–H and O–H groups in total. The zero-order chi connectivity index (χ0) is 16.0. The van der Waals surface area contributed by atoms with Gasteiger partial charge >= 0.3 is 0 Å². The summed E-state index contributed by atoms with van der Waals surface area (Å²) in [5.74, 6) is 4.81. The van der Waals surface area contributed by atoms with Crippen LogP contribution in [0.4, 0.5) is 4.39 Å². The predicted octanol–water partition coefficient (Wildman–Crippen LogP) is 2.68. The lowest BCUT2D eigenvalue weighted by atomic mass is 10.0. The molecule has 4 heteroatoms. The van der Waals surface area contributed by atoms with Crippen molar-refractivity contribution in [1.82, 2.24) is 4.90 Å². The molecule has 0 unspecified atom stereocenters. The Hall–Kier alpha value is -1.86. The van der Waals surface area contributed by atoms with Gasteiger partial charge in [-0.3, -0.25) is 4.79 Å². The summed E-state index contributed by atoms with van der Waals surface area (Å²) in [5.41, 5.74) is 0.676. The average molecular weight is 291 g/mol. The molecule has 1 aromatic rings. The Labute approximate surface area is 125 Å². The van der Waals surface area contributed by atoms with E-state index in [0.717, 1.165) is 0 Å². The molecule has 0 saturated carbocycles. The summed E-state index contributed by atoms with van der Waals surface area (Å²) in [6.07, 6.45) is 0. The Morgan fingerprint density at radius 2 is 2.00 bits per heavy atom. The molecule has 0 aliphatic carbocycles. The van der Waals surface area contributed by atoms with Gasteiger partial charge in [0.25, 0.3) is 5.91 Å². The van der Waals surface area contributed by atoms with Crippen LogP contribution in [-0.4, -0.2) is 35.1 Å². The Morgan fingerprint density at radius 3 is 2.52 bits per heavy atom. The summed E-state index contributed by atoms with van der Waals surface area (Å²) in [6, 6.07) is 3.96. The molecule has 0 bridgehead atoms. The van der Waals surface area contributed by atoms with Crippen molar-refractivity contribution < 1.29 is 14.3 Å². The van der Waals surface area contributed by atoms with Gasteiger partial charge in [-0.25, -0.2) is 4.39 Å². The molecule has 3 nitrogen and oxygen atoms in total. The van der Waals surface area contributed by atoms with Crippen LogP contribution in [0.15, 0.2) is 18.2 Å². The third-order valence-electron chi connectivity index (χ3n) is 2.96. The van der Waals surface area contributed by atoms with Crippen molar-refractivity contribution in [3.63, 3.8) is 0 Å². The van der Waals surface area contributed by atoms with E-state index < -0.39 is 5.82 Å². The first-order valence-corrected chi connectivity index (χ1v) is 7.07. The van der Waals surface area contributed by atoms with Gasteiger partial charge in [0, 0.05) is 18.2 Å². The minimum absolute atomic E-state index is 0.0156. The fourth-order valence-corrected chi connectivity index (χ4v) is 2.01. The van der Waals surface area contributed by atoms with Crippen LogP contribution in [0.25, 0.3) is 0 Å². The first-order valence-electron chi connectivity index (χ1n) is 7.07. The van der Waals surface area contributed by atoms with E-state index in [1.54, 1.807) is 4.90 Å². The highest BCUT2D eigenvalue weighted by molar-refractivity contribution is 5.97. The maximum absolute atomic E-state index is 13.5. The maximum atomic E-state index is 13.5. The van der Waals surface area contributed by atoms with Crippen LogP contribution < -0.4 is 0 Å². The van der Waals surface area contributed by atoms with Crippen molar-refractivity contribution in [2.75, 3.05) is 13.2 Å². The molecule has 0 aliphatic rings. The van der Waals surface area contributed by atoms with Crippen LogP contribution in [0.2, 0.25) is 0 Å². The van der Waals surface area contributed by atoms with Crippen LogP contribution in [0.3, 0.4) is 0 Å². The van der Waals surface area contributed by atoms with E-state index >= 15 is 0 Å². The normalized spacial score (nSPS) is 10.5. The molecule has 0 saturated heterocycles. The van der Waals surface area contributed by atoms with Gasteiger partial charge in [-0.1, -0.05) is 25.7 Å². The van der Waals surface area contributed by atoms with Gasteiger partial charge in [0.05, 0.1) is 5.56 Å². The molecule has 21 heavy (non-hydrogen) atoms. The molecular weight excluding hydrogens is 269 g/mol. The van der Waals surface area contributed by atoms with Gasteiger partial charge < -0.3 is 10.0 Å². The van der Waals surface area contributed by atoms with E-state index in [2.05, 4.69) is 11.8 Å². The Kier molecular flexibility index (Phi) is 6.39. The molecule has 0 fully saturated rings. The molecule has 1 aromatic carbocycles. The van der Waals surface area contributed by atoms with Crippen molar-refractivity contribution >= 4 is 5.91 Å². The van der Waals surface area contributed by atoms with E-state index in [4.69, 9.17) is 5.11 Å². The Balaban J connectivity index is 3.22. The average Bonchev–Trinajstić information content (AvgIpc) is 2.42. The van der Waals surface area contributed by atoms with E-state index in [9.17, 15) is 9.18 Å². The molecule has 1 amide bonds. The molecule has 1 rings (SSSR count). The number of aliphatic hydroxyl groups is 1. The summed E-state index contributed by atoms with van der Waals surface area (Å²) in [4.78, 5) is 14.4. The third kappa shape index (κ3) is 4.87. The maximum Gasteiger partial charge on any atom is 0.255 e. The second-order valence-electron chi connectivity index (χ2n) is 5.59. The lowest BCUT2D eigenvalue weighted by Crippen LogP contribution is -2.39. The van der Waals surface area contributed by atoms with Gasteiger partial charge in [-0.2, -0.15) is 0 Å². The zero-order valence-corrected chi connectivity index (χ0v) is 13.0. The molecule has 0 atom stereocenters. The quantitative estimate of drug-likeness (QED) is 0.866. The minimum Gasteiger partial charge on any atom is -0.384 e. The van der Waals surface area contributed by atoms with E-state index in [1.807, 2.05) is 27.7 Å². The highest BCUT2D eigenvalue weighted by Gasteiger charge is 2.22. The van der Waals surface area contributed by atoms with E-state index in [1.165, 1.54) is 18.2 Å². The standard InChI is InChI=1S/C17H22FNO2/c1-12(2)11-19(13(3)4)17(21)16-10-15(18)8-7-14(16)6-5-9-20/h7-8,10,12-13,20H,9,11H2,1-4H3. The van der Waals surface area contributed by atoms with Crippen LogP contribution >= 0.6 is 0 Å². The topological polar surface area (TPSA) is 40.5 Å². The van der Waals surface area contributed by atoms with Gasteiger partial charge in [0.1, 0.15) is 12.4 Å². The largest absolute Gasteiger partial charge is 0.384 e. The molecule has 114 valence electrons. The first-order chi connectivity index (χ1) is 9.86. The fourth-order valence-electron chi connectivity index (χ4n) is 2.01. The lowest BCUT2D eigenvalue weighted by molar-refractivity contribution is 0.0681. The number of hydrogen-bond acceptors (Lipinski definition) is 2. The lowest BCUT2D eigenvalue weighted by Gasteiger charge is -2.29. The molecule has 0 aliphatic heterocycles. The van der Waals surface area contributed by atoms with E-state index in [-0.39, 0.29) is 24.1 Å². The highest BCUT2D eigenvalue weighted by Crippen LogP contribution is 2.16. The number of carbonyl (C=O) groups is 1. The number of amides is 1. The Bertz CT molecular complexity index is 556. The second kappa shape index (κ2) is 7.80. The zero-order valence-electron chi connectivity index (χ0n) is 13.0. The summed E-state index contributed by atoms with van der Waals surface area (Å²) in [6.45, 7) is 8.21. The monoisotopic (exact) mass is 291 g/mol. The SMILES string of the molecule is CC(C)CN(C(=O)c1cc(F)ccc1C#CCO)C(C)C. The highest BCUT2D eigenvalue weighted by atomic mass is 19.1. The van der Waals surface area contributed by atoms with Gasteiger partial charge in [-0.05, 0) is 38.0 Å². The van der Waals surface area contributed by atoms with Crippen LogP contribution in [-0.2, 0) is 0 Å².